The summed E-state index contributed by atoms with van der Waals surface area (Å²) in [7, 11) is 0. The minimum absolute atomic E-state index is 0.0510. The standard InChI is InChI=1S/C14H18N4O3/c1-2-21-13-5-10(3-4-12(13)19)6-16-11-7-17-18(8-11)9-14(15)20/h3-5,7-8,16,19H,2,6,9H2,1H3,(H2,15,20). The number of phenolic OH excluding ortho intramolecular Hbond substituents is 1. The molecule has 7 nitrogen and oxygen atoms in total. The van der Waals surface area contributed by atoms with Crippen LogP contribution in [0.25, 0.3) is 0 Å². The first-order valence-corrected chi connectivity index (χ1v) is 6.57. The lowest BCUT2D eigenvalue weighted by atomic mass is 10.2. The second kappa shape index (κ2) is 6.65. The Bertz CT molecular complexity index is 624. The fourth-order valence-corrected chi connectivity index (χ4v) is 1.84. The van der Waals surface area contributed by atoms with Crippen molar-refractivity contribution in [3.63, 3.8) is 0 Å². The fourth-order valence-electron chi connectivity index (χ4n) is 1.84. The van der Waals surface area contributed by atoms with Crippen molar-refractivity contribution < 1.29 is 14.6 Å². The maximum Gasteiger partial charge on any atom is 0.239 e. The van der Waals surface area contributed by atoms with Crippen molar-refractivity contribution in [2.24, 2.45) is 5.73 Å². The van der Waals surface area contributed by atoms with Crippen LogP contribution < -0.4 is 15.8 Å². The highest BCUT2D eigenvalue weighted by molar-refractivity contribution is 5.73. The molecule has 0 aliphatic carbocycles. The number of anilines is 1. The van der Waals surface area contributed by atoms with Gasteiger partial charge in [0.2, 0.25) is 5.91 Å². The number of primary amides is 1. The van der Waals surface area contributed by atoms with E-state index < -0.39 is 5.91 Å². The van der Waals surface area contributed by atoms with Crippen molar-refractivity contribution in [1.29, 1.82) is 0 Å². The van der Waals surface area contributed by atoms with Gasteiger partial charge in [0.25, 0.3) is 0 Å². The number of phenols is 1. The number of ether oxygens (including phenoxy) is 1. The lowest BCUT2D eigenvalue weighted by Gasteiger charge is -2.09. The second-order valence-corrected chi connectivity index (χ2v) is 4.48. The molecule has 0 atom stereocenters. The Morgan fingerprint density at radius 3 is 3.05 bits per heavy atom. The summed E-state index contributed by atoms with van der Waals surface area (Å²) in [5, 5.41) is 16.8. The van der Waals surface area contributed by atoms with Crippen LogP contribution in [0.4, 0.5) is 5.69 Å². The van der Waals surface area contributed by atoms with Gasteiger partial charge in [0.1, 0.15) is 6.54 Å². The maximum absolute atomic E-state index is 10.8. The van der Waals surface area contributed by atoms with E-state index >= 15 is 0 Å². The number of aromatic hydroxyl groups is 1. The molecule has 0 spiro atoms. The van der Waals surface area contributed by atoms with Crippen molar-refractivity contribution >= 4 is 11.6 Å². The van der Waals surface area contributed by atoms with Crippen LogP contribution in [0.3, 0.4) is 0 Å². The van der Waals surface area contributed by atoms with E-state index in [0.29, 0.717) is 18.9 Å². The zero-order valence-corrected chi connectivity index (χ0v) is 11.7. The van der Waals surface area contributed by atoms with Crippen LogP contribution in [0, 0.1) is 0 Å². The van der Waals surface area contributed by atoms with Gasteiger partial charge in [-0.05, 0) is 24.6 Å². The Morgan fingerprint density at radius 2 is 2.33 bits per heavy atom. The molecule has 1 aromatic carbocycles. The van der Waals surface area contributed by atoms with Crippen molar-refractivity contribution in [3.05, 3.63) is 36.2 Å². The predicted octanol–water partition coefficient (Wildman–Crippen LogP) is 1.08. The molecular formula is C14H18N4O3. The summed E-state index contributed by atoms with van der Waals surface area (Å²) >= 11 is 0. The summed E-state index contributed by atoms with van der Waals surface area (Å²) in [5.74, 6) is 0.139. The van der Waals surface area contributed by atoms with Gasteiger partial charge in [-0.2, -0.15) is 5.10 Å². The number of nitrogens with zero attached hydrogens (tertiary/aromatic N) is 2. The molecule has 1 amide bonds. The third-order valence-corrected chi connectivity index (χ3v) is 2.77. The summed E-state index contributed by atoms with van der Waals surface area (Å²) in [5.41, 5.74) is 6.84. The van der Waals surface area contributed by atoms with E-state index in [4.69, 9.17) is 10.5 Å². The summed E-state index contributed by atoms with van der Waals surface area (Å²) in [6.07, 6.45) is 3.32. The molecule has 0 aliphatic heterocycles. The first-order valence-electron chi connectivity index (χ1n) is 6.57. The molecule has 0 saturated carbocycles. The number of carbonyl (C=O) groups is 1. The van der Waals surface area contributed by atoms with Crippen molar-refractivity contribution in [2.45, 2.75) is 20.0 Å². The first-order chi connectivity index (χ1) is 10.1. The number of hydrogen-bond donors (Lipinski definition) is 3. The molecule has 112 valence electrons. The lowest BCUT2D eigenvalue weighted by Crippen LogP contribution is -2.18. The molecule has 2 rings (SSSR count). The highest BCUT2D eigenvalue weighted by atomic mass is 16.5. The zero-order valence-electron chi connectivity index (χ0n) is 11.7. The molecule has 0 unspecified atom stereocenters. The third kappa shape index (κ3) is 4.13. The van der Waals surface area contributed by atoms with E-state index in [1.54, 1.807) is 30.6 Å². The van der Waals surface area contributed by atoms with Gasteiger partial charge in [-0.1, -0.05) is 6.07 Å². The van der Waals surface area contributed by atoms with Crippen LogP contribution in [0.2, 0.25) is 0 Å². The normalized spacial score (nSPS) is 10.3. The number of nitrogens with one attached hydrogen (secondary N) is 1. The van der Waals surface area contributed by atoms with Crippen LogP contribution in [-0.2, 0) is 17.9 Å². The van der Waals surface area contributed by atoms with E-state index in [1.807, 2.05) is 6.92 Å². The number of hydrogen-bond acceptors (Lipinski definition) is 5. The summed E-state index contributed by atoms with van der Waals surface area (Å²) in [4.78, 5) is 10.8. The molecule has 7 heteroatoms. The van der Waals surface area contributed by atoms with Gasteiger partial charge in [-0.15, -0.1) is 0 Å². The third-order valence-electron chi connectivity index (χ3n) is 2.77. The topological polar surface area (TPSA) is 102 Å². The zero-order chi connectivity index (χ0) is 15.2. The molecule has 0 fully saturated rings. The number of aromatic nitrogens is 2. The molecule has 2 aromatic rings. The fraction of sp³-hybridized carbons (Fsp3) is 0.286. The van der Waals surface area contributed by atoms with Crippen LogP contribution in [0.15, 0.2) is 30.6 Å². The summed E-state index contributed by atoms with van der Waals surface area (Å²) < 4.78 is 6.80. The molecule has 0 radical (unpaired) electrons. The van der Waals surface area contributed by atoms with Crippen molar-refractivity contribution in [2.75, 3.05) is 11.9 Å². The molecule has 0 aliphatic rings. The van der Waals surface area contributed by atoms with E-state index in [1.165, 1.54) is 4.68 Å². The smallest absolute Gasteiger partial charge is 0.239 e. The monoisotopic (exact) mass is 290 g/mol. The van der Waals surface area contributed by atoms with Gasteiger partial charge in [-0.3, -0.25) is 9.48 Å². The Morgan fingerprint density at radius 1 is 1.52 bits per heavy atom. The number of amides is 1. The SMILES string of the molecule is CCOc1cc(CNc2cnn(CC(N)=O)c2)ccc1O. The maximum atomic E-state index is 10.8. The van der Waals surface area contributed by atoms with E-state index in [-0.39, 0.29) is 12.3 Å². The second-order valence-electron chi connectivity index (χ2n) is 4.48. The summed E-state index contributed by atoms with van der Waals surface area (Å²) in [6, 6.07) is 5.18. The van der Waals surface area contributed by atoms with Gasteiger partial charge in [0.05, 0.1) is 18.5 Å². The largest absolute Gasteiger partial charge is 0.504 e. The highest BCUT2D eigenvalue weighted by Gasteiger charge is 2.05. The number of rotatable bonds is 7. The number of nitrogens with two attached hydrogens (primary N) is 1. The van der Waals surface area contributed by atoms with Gasteiger partial charge in [0, 0.05) is 12.7 Å². The van der Waals surface area contributed by atoms with Crippen LogP contribution in [0.5, 0.6) is 11.5 Å². The van der Waals surface area contributed by atoms with Crippen molar-refractivity contribution in [1.82, 2.24) is 9.78 Å². The van der Waals surface area contributed by atoms with Gasteiger partial charge in [0.15, 0.2) is 11.5 Å². The molecule has 21 heavy (non-hydrogen) atoms. The molecule has 0 saturated heterocycles. The first kappa shape index (κ1) is 14.7. The van der Waals surface area contributed by atoms with Gasteiger partial charge >= 0.3 is 0 Å². The molecule has 4 N–H and O–H groups in total. The average molecular weight is 290 g/mol. The van der Waals surface area contributed by atoms with E-state index in [2.05, 4.69) is 10.4 Å². The van der Waals surface area contributed by atoms with Crippen molar-refractivity contribution in [3.8, 4) is 11.5 Å². The minimum atomic E-state index is -0.440. The summed E-state index contributed by atoms with van der Waals surface area (Å²) in [6.45, 7) is 2.94. The average Bonchev–Trinajstić information content (AvgIpc) is 2.86. The molecular weight excluding hydrogens is 272 g/mol. The Kier molecular flexibility index (Phi) is 4.65. The highest BCUT2D eigenvalue weighted by Crippen LogP contribution is 2.27. The van der Waals surface area contributed by atoms with E-state index in [9.17, 15) is 9.90 Å². The quantitative estimate of drug-likeness (QED) is 0.708. The molecule has 1 heterocycles. The Balaban J connectivity index is 1.97. The van der Waals surface area contributed by atoms with Crippen LogP contribution in [0.1, 0.15) is 12.5 Å². The van der Waals surface area contributed by atoms with Crippen LogP contribution in [-0.4, -0.2) is 27.4 Å². The molecule has 1 aromatic heterocycles. The van der Waals surface area contributed by atoms with Crippen LogP contribution >= 0.6 is 0 Å². The predicted molar refractivity (Wildman–Crippen MR) is 78.0 cm³/mol. The van der Waals surface area contributed by atoms with E-state index in [0.717, 1.165) is 11.3 Å². The lowest BCUT2D eigenvalue weighted by molar-refractivity contribution is -0.118. The number of benzene rings is 1. The number of carbonyl (C=O) groups excluding carboxylic acids is 1. The minimum Gasteiger partial charge on any atom is -0.504 e. The van der Waals surface area contributed by atoms with Gasteiger partial charge in [-0.25, -0.2) is 0 Å². The Labute approximate surface area is 122 Å². The Hall–Kier alpha value is -2.70. The van der Waals surface area contributed by atoms with Gasteiger partial charge < -0.3 is 20.9 Å². The molecule has 0 bridgehead atoms.